The van der Waals surface area contributed by atoms with Gasteiger partial charge in [0.15, 0.2) is 0 Å². The molecule has 0 bridgehead atoms. The second kappa shape index (κ2) is 40.6. The van der Waals surface area contributed by atoms with Crippen LogP contribution in [0.15, 0.2) is 127 Å². The molecule has 9 nitrogen and oxygen atoms in total. The van der Waals surface area contributed by atoms with Gasteiger partial charge in [-0.05, 0) is 215 Å². The number of hydrogen-bond donors (Lipinski definition) is 0. The zero-order valence-corrected chi connectivity index (χ0v) is 71.4. The van der Waals surface area contributed by atoms with Crippen LogP contribution in [0.1, 0.15) is 326 Å². The third kappa shape index (κ3) is 19.3. The number of rotatable bonds is 51. The summed E-state index contributed by atoms with van der Waals surface area (Å²) >= 11 is 0. The van der Waals surface area contributed by atoms with Crippen molar-refractivity contribution >= 4 is 22.8 Å². The lowest BCUT2D eigenvalue weighted by molar-refractivity contribution is 0.218. The molecule has 0 unspecified atom stereocenters. The molecule has 0 aliphatic heterocycles. The normalized spacial score (nSPS) is 14.4. The summed E-state index contributed by atoms with van der Waals surface area (Å²) in [5.74, 6) is 0. The van der Waals surface area contributed by atoms with E-state index in [4.69, 9.17) is 27.1 Å². The van der Waals surface area contributed by atoms with E-state index in [2.05, 4.69) is 169 Å². The molecular formula is C96H135O9P3. The second-order valence-corrected chi connectivity index (χ2v) is 37.7. The Labute approximate surface area is 654 Å². The first-order valence-electron chi connectivity index (χ1n) is 43.2. The van der Waals surface area contributed by atoms with Gasteiger partial charge in [-0.15, -0.1) is 0 Å². The van der Waals surface area contributed by atoms with Gasteiger partial charge in [-0.25, -0.2) is 0 Å². The van der Waals surface area contributed by atoms with Crippen LogP contribution in [0.5, 0.6) is 0 Å². The van der Waals surface area contributed by atoms with Gasteiger partial charge >= 0.3 is 22.8 Å². The van der Waals surface area contributed by atoms with Crippen LogP contribution in [0.25, 0.3) is 66.8 Å². The van der Waals surface area contributed by atoms with Crippen LogP contribution in [0, 0.1) is 0 Å². The fraction of sp³-hybridized carbons (Fsp3) is 0.562. The van der Waals surface area contributed by atoms with Crippen molar-refractivity contribution in [2.24, 2.45) is 0 Å². The molecule has 3 aliphatic rings. The van der Waals surface area contributed by atoms with Crippen LogP contribution in [0.3, 0.4) is 0 Å². The molecular weight excluding hydrogens is 1390 g/mol. The van der Waals surface area contributed by atoms with E-state index in [9.17, 15) is 13.7 Å². The quantitative estimate of drug-likeness (QED) is 0.0272. The second-order valence-electron chi connectivity index (χ2n) is 31.5. The third-order valence-electron chi connectivity index (χ3n) is 24.0. The minimum Gasteiger partial charge on any atom is -0.309 e. The first-order valence-corrected chi connectivity index (χ1v) is 48.4. The maximum Gasteiger partial charge on any atom is 0.335 e. The van der Waals surface area contributed by atoms with E-state index in [-0.39, 0.29) is 34.7 Å². The van der Waals surface area contributed by atoms with Crippen molar-refractivity contribution in [1.29, 1.82) is 0 Å². The maximum absolute atomic E-state index is 14.1. The Hall–Kier alpha value is -5.01. The molecule has 0 aromatic heterocycles. The predicted molar refractivity (Wildman–Crippen MR) is 458 cm³/mol. The Morgan fingerprint density at radius 3 is 0.731 bits per heavy atom. The molecule has 0 fully saturated rings. The zero-order chi connectivity index (χ0) is 76.8. The summed E-state index contributed by atoms with van der Waals surface area (Å²) in [5.41, 5.74) is 27.4. The van der Waals surface area contributed by atoms with Gasteiger partial charge in [0.2, 0.25) is 0 Å². The molecule has 0 heterocycles. The van der Waals surface area contributed by atoms with Crippen LogP contribution in [-0.2, 0) is 75.6 Å². The highest BCUT2D eigenvalue weighted by Crippen LogP contribution is 2.72. The van der Waals surface area contributed by atoms with Crippen molar-refractivity contribution in [3.05, 3.63) is 177 Å². The molecule has 0 radical (unpaired) electrons. The van der Waals surface area contributed by atoms with Gasteiger partial charge in [-0.2, -0.15) is 0 Å². The molecule has 0 saturated carbocycles. The van der Waals surface area contributed by atoms with Crippen molar-refractivity contribution < 1.29 is 40.8 Å². The van der Waals surface area contributed by atoms with E-state index in [0.717, 1.165) is 110 Å². The number of benzene rings is 7. The Morgan fingerprint density at radius 1 is 0.241 bits per heavy atom. The maximum atomic E-state index is 14.1. The van der Waals surface area contributed by atoms with Gasteiger partial charge < -0.3 is 27.1 Å². The summed E-state index contributed by atoms with van der Waals surface area (Å²) < 4.78 is 77.5. The average molecular weight is 1530 g/mol. The topological polar surface area (TPSA) is 107 Å². The van der Waals surface area contributed by atoms with Gasteiger partial charge in [0.1, 0.15) is 0 Å². The molecule has 12 heteroatoms. The van der Waals surface area contributed by atoms with E-state index >= 15 is 0 Å². The lowest BCUT2D eigenvalue weighted by Gasteiger charge is -2.40. The summed E-state index contributed by atoms with van der Waals surface area (Å²) in [5, 5.41) is 0. The van der Waals surface area contributed by atoms with Gasteiger partial charge in [-0.3, -0.25) is 13.7 Å². The highest BCUT2D eigenvalue weighted by Gasteiger charge is 2.58. The van der Waals surface area contributed by atoms with Crippen molar-refractivity contribution in [2.75, 3.05) is 39.6 Å². The van der Waals surface area contributed by atoms with Crippen LogP contribution in [-0.4, -0.2) is 39.6 Å². The monoisotopic (exact) mass is 1520 g/mol. The van der Waals surface area contributed by atoms with Crippen LogP contribution in [0.2, 0.25) is 0 Å². The fourth-order valence-corrected chi connectivity index (χ4v) is 24.2. The van der Waals surface area contributed by atoms with Gasteiger partial charge in [0.25, 0.3) is 0 Å². The van der Waals surface area contributed by atoms with Crippen LogP contribution >= 0.6 is 22.8 Å². The lowest BCUT2D eigenvalue weighted by Crippen LogP contribution is -2.31. The Morgan fingerprint density at radius 2 is 0.472 bits per heavy atom. The standard InChI is InChI=1S/C96H135O9P3/c1-13-25-31-37-61-94(62-38-32-26-14-2)85-60-57-79(76-49-43-73(44-50-76)70-106(97,100-19-7)101-20-8)67-84(85)90-92(94)88-82-58-55-80(77-51-45-74(46-52-77)71-107(98,102-21-9)103-22-10)68-86(82)95(63-39-33-27-15-3,64-40-34-28-16-4)91(88)89-83-59-56-81(78-53-47-75(48-54-78)72-108(99,104-23-11)105-24-12)69-87(83)96(93(89)90,65-41-35-29-17-5)66-42-36-30-18-6/h43-60,67-69H,13-42,61-66,70-72H2,1-12H3. The molecule has 7 aromatic rings. The van der Waals surface area contributed by atoms with E-state index in [1.54, 1.807) is 22.3 Å². The molecule has 108 heavy (non-hydrogen) atoms. The first kappa shape index (κ1) is 85.4. The minimum atomic E-state index is -3.35. The number of fused-ring (bicyclic) bond motifs is 12. The molecule has 7 aromatic carbocycles. The lowest BCUT2D eigenvalue weighted by atomic mass is 9.63. The van der Waals surface area contributed by atoms with E-state index < -0.39 is 22.8 Å². The van der Waals surface area contributed by atoms with Crippen LogP contribution in [0.4, 0.5) is 0 Å². The number of unbranched alkanes of at least 4 members (excludes halogenated alkanes) is 18. The third-order valence-corrected chi connectivity index (χ3v) is 30.2. The summed E-state index contributed by atoms with van der Waals surface area (Å²) in [6, 6.07) is 49.8. The van der Waals surface area contributed by atoms with Crippen molar-refractivity contribution in [3.63, 3.8) is 0 Å². The highest BCUT2D eigenvalue weighted by molar-refractivity contribution is 7.53. The molecule has 0 amide bonds. The van der Waals surface area contributed by atoms with Crippen molar-refractivity contribution in [3.8, 4) is 66.8 Å². The largest absolute Gasteiger partial charge is 0.335 e. The van der Waals surface area contributed by atoms with Gasteiger partial charge in [-0.1, -0.05) is 305 Å². The fourth-order valence-electron chi connectivity index (χ4n) is 19.1. The SMILES string of the molecule is CCCCCCC1(CCCCCC)c2ccc(-c3ccc(CP(=O)(OCC)OCC)cc3)cc2-c2c1c1c(c3c2C(CCCCCC)(CCCCCC)c2cc(-c4ccc(CP(=O)(OCC)OCC)cc4)ccc2-3)C(CCCCCC)(CCCCCC)c2cc(-c3ccc(CP(=O)(OCC)OCC)cc3)ccc2-1. The predicted octanol–water partition coefficient (Wildman–Crippen LogP) is 30.6. The summed E-state index contributed by atoms with van der Waals surface area (Å²) in [6.07, 6.45) is 35.5. The molecule has 3 aliphatic carbocycles. The smallest absolute Gasteiger partial charge is 0.309 e. The molecule has 588 valence electrons. The summed E-state index contributed by atoms with van der Waals surface area (Å²) in [4.78, 5) is 0. The van der Waals surface area contributed by atoms with E-state index in [1.807, 2.05) is 41.5 Å². The Bertz CT molecular complexity index is 4090. The highest BCUT2D eigenvalue weighted by atomic mass is 31.2. The van der Waals surface area contributed by atoms with E-state index in [1.165, 1.54) is 177 Å². The summed E-state index contributed by atoms with van der Waals surface area (Å²) in [6.45, 7) is 27.5. The molecule has 0 N–H and O–H groups in total. The molecule has 0 saturated heterocycles. The Balaban J connectivity index is 1.37. The van der Waals surface area contributed by atoms with Crippen LogP contribution < -0.4 is 0 Å². The Kier molecular flexibility index (Phi) is 32.1. The molecule has 10 rings (SSSR count). The van der Waals surface area contributed by atoms with E-state index in [0.29, 0.717) is 39.6 Å². The minimum absolute atomic E-state index is 0.225. The molecule has 0 atom stereocenters. The average Bonchev–Trinajstić information content (AvgIpc) is 1.48. The number of hydrogen-bond acceptors (Lipinski definition) is 9. The van der Waals surface area contributed by atoms with Crippen molar-refractivity contribution in [2.45, 2.75) is 310 Å². The van der Waals surface area contributed by atoms with Gasteiger partial charge in [0, 0.05) is 16.2 Å². The van der Waals surface area contributed by atoms with Gasteiger partial charge in [0.05, 0.1) is 58.1 Å². The molecule has 0 spiro atoms. The zero-order valence-electron chi connectivity index (χ0n) is 68.7. The summed E-state index contributed by atoms with van der Waals surface area (Å²) in [7, 11) is -10.0. The first-order chi connectivity index (χ1) is 52.5. The van der Waals surface area contributed by atoms with Crippen molar-refractivity contribution in [1.82, 2.24) is 0 Å².